The Kier molecular flexibility index (Phi) is 3.21. The molecule has 76 valence electrons. The van der Waals surface area contributed by atoms with Crippen molar-refractivity contribution < 1.29 is 4.74 Å². The van der Waals surface area contributed by atoms with Crippen LogP contribution >= 0.6 is 15.9 Å². The van der Waals surface area contributed by atoms with E-state index in [1.54, 1.807) is 0 Å². The molecule has 1 fully saturated rings. The largest absolute Gasteiger partial charge is 0.372 e. The lowest BCUT2D eigenvalue weighted by Crippen LogP contribution is -2.34. The van der Waals surface area contributed by atoms with Crippen molar-refractivity contribution in [2.75, 3.05) is 6.61 Å². The standard InChI is InChI=1S/C11H14BrNO/c12-9-5-3-8(4-6-9)11-10(13)2-1-7-14-11/h3-6,10-11H,1-2,7,13H2. The zero-order chi connectivity index (χ0) is 9.97. The molecule has 1 aromatic carbocycles. The Hall–Kier alpha value is -0.380. The smallest absolute Gasteiger partial charge is 0.0975 e. The van der Waals surface area contributed by atoms with E-state index in [2.05, 4.69) is 28.1 Å². The first-order valence-corrected chi connectivity index (χ1v) is 5.69. The van der Waals surface area contributed by atoms with Crippen LogP contribution in [0.15, 0.2) is 28.7 Å². The van der Waals surface area contributed by atoms with Gasteiger partial charge in [0.2, 0.25) is 0 Å². The summed E-state index contributed by atoms with van der Waals surface area (Å²) in [4.78, 5) is 0. The van der Waals surface area contributed by atoms with Gasteiger partial charge >= 0.3 is 0 Å². The molecular weight excluding hydrogens is 242 g/mol. The summed E-state index contributed by atoms with van der Waals surface area (Å²) in [7, 11) is 0. The normalized spacial score (nSPS) is 27.6. The maximum atomic E-state index is 6.01. The quantitative estimate of drug-likeness (QED) is 0.838. The molecule has 2 N–H and O–H groups in total. The van der Waals surface area contributed by atoms with Crippen molar-refractivity contribution in [3.63, 3.8) is 0 Å². The molecule has 0 bridgehead atoms. The highest BCUT2D eigenvalue weighted by Crippen LogP contribution is 2.27. The van der Waals surface area contributed by atoms with Crippen LogP contribution in [0.2, 0.25) is 0 Å². The summed E-state index contributed by atoms with van der Waals surface area (Å²) < 4.78 is 6.76. The minimum Gasteiger partial charge on any atom is -0.372 e. The van der Waals surface area contributed by atoms with E-state index in [1.165, 1.54) is 5.56 Å². The lowest BCUT2D eigenvalue weighted by atomic mass is 9.97. The SMILES string of the molecule is NC1CCCOC1c1ccc(Br)cc1. The van der Waals surface area contributed by atoms with Gasteiger partial charge < -0.3 is 10.5 Å². The van der Waals surface area contributed by atoms with E-state index in [0.717, 1.165) is 23.9 Å². The first-order chi connectivity index (χ1) is 6.77. The van der Waals surface area contributed by atoms with Gasteiger partial charge in [-0.3, -0.25) is 0 Å². The molecule has 1 aromatic rings. The van der Waals surface area contributed by atoms with Crippen molar-refractivity contribution in [1.29, 1.82) is 0 Å². The van der Waals surface area contributed by atoms with Crippen LogP contribution in [0.25, 0.3) is 0 Å². The van der Waals surface area contributed by atoms with Crippen LogP contribution in [0.5, 0.6) is 0 Å². The lowest BCUT2D eigenvalue weighted by molar-refractivity contribution is 0.000140. The number of hydrogen-bond donors (Lipinski definition) is 1. The van der Waals surface area contributed by atoms with Crippen LogP contribution in [0, 0.1) is 0 Å². The Morgan fingerprint density at radius 1 is 1.29 bits per heavy atom. The van der Waals surface area contributed by atoms with Gasteiger partial charge in [0.25, 0.3) is 0 Å². The summed E-state index contributed by atoms with van der Waals surface area (Å²) >= 11 is 3.41. The number of rotatable bonds is 1. The molecule has 0 amide bonds. The predicted molar refractivity (Wildman–Crippen MR) is 60.0 cm³/mol. The highest BCUT2D eigenvalue weighted by Gasteiger charge is 2.23. The Labute approximate surface area is 92.6 Å². The second kappa shape index (κ2) is 4.43. The molecule has 2 nitrogen and oxygen atoms in total. The van der Waals surface area contributed by atoms with Gasteiger partial charge in [0.05, 0.1) is 6.10 Å². The van der Waals surface area contributed by atoms with Gasteiger partial charge in [-0.05, 0) is 30.5 Å². The number of hydrogen-bond acceptors (Lipinski definition) is 2. The Morgan fingerprint density at radius 2 is 2.00 bits per heavy atom. The monoisotopic (exact) mass is 255 g/mol. The average molecular weight is 256 g/mol. The van der Waals surface area contributed by atoms with Crippen molar-refractivity contribution in [3.05, 3.63) is 34.3 Å². The fourth-order valence-electron chi connectivity index (χ4n) is 1.80. The van der Waals surface area contributed by atoms with E-state index < -0.39 is 0 Å². The van der Waals surface area contributed by atoms with Gasteiger partial charge in [-0.1, -0.05) is 28.1 Å². The van der Waals surface area contributed by atoms with E-state index in [4.69, 9.17) is 10.5 Å². The molecule has 1 saturated heterocycles. The molecule has 0 radical (unpaired) electrons. The van der Waals surface area contributed by atoms with Crippen molar-refractivity contribution in [2.45, 2.75) is 25.0 Å². The van der Waals surface area contributed by atoms with Gasteiger partial charge in [0, 0.05) is 17.1 Å². The molecule has 0 spiro atoms. The molecule has 0 aromatic heterocycles. The average Bonchev–Trinajstić information content (AvgIpc) is 2.20. The first kappa shape index (κ1) is 10.1. The van der Waals surface area contributed by atoms with Gasteiger partial charge in [0.15, 0.2) is 0 Å². The fraction of sp³-hybridized carbons (Fsp3) is 0.455. The summed E-state index contributed by atoms with van der Waals surface area (Å²) in [6, 6.07) is 8.34. The number of nitrogens with two attached hydrogens (primary N) is 1. The lowest BCUT2D eigenvalue weighted by Gasteiger charge is -2.29. The topological polar surface area (TPSA) is 35.2 Å². The van der Waals surface area contributed by atoms with E-state index in [0.29, 0.717) is 0 Å². The number of ether oxygens (including phenoxy) is 1. The van der Waals surface area contributed by atoms with E-state index >= 15 is 0 Å². The van der Waals surface area contributed by atoms with Crippen LogP contribution < -0.4 is 5.73 Å². The molecule has 2 atom stereocenters. The van der Waals surface area contributed by atoms with Gasteiger partial charge in [-0.15, -0.1) is 0 Å². The van der Waals surface area contributed by atoms with E-state index in [-0.39, 0.29) is 12.1 Å². The van der Waals surface area contributed by atoms with Gasteiger partial charge in [0.1, 0.15) is 0 Å². The molecule has 1 aliphatic rings. The maximum absolute atomic E-state index is 6.01. The molecule has 14 heavy (non-hydrogen) atoms. The van der Waals surface area contributed by atoms with Crippen LogP contribution in [-0.4, -0.2) is 12.6 Å². The molecular formula is C11H14BrNO. The number of halogens is 1. The van der Waals surface area contributed by atoms with Gasteiger partial charge in [-0.2, -0.15) is 0 Å². The van der Waals surface area contributed by atoms with Crippen LogP contribution in [0.1, 0.15) is 24.5 Å². The van der Waals surface area contributed by atoms with E-state index in [9.17, 15) is 0 Å². The molecule has 2 rings (SSSR count). The molecule has 1 heterocycles. The molecule has 3 heteroatoms. The molecule has 0 saturated carbocycles. The van der Waals surface area contributed by atoms with E-state index in [1.807, 2.05) is 12.1 Å². The zero-order valence-electron chi connectivity index (χ0n) is 7.95. The van der Waals surface area contributed by atoms with Crippen molar-refractivity contribution >= 4 is 15.9 Å². The third kappa shape index (κ3) is 2.16. The minimum absolute atomic E-state index is 0.0804. The minimum atomic E-state index is 0.0804. The fourth-order valence-corrected chi connectivity index (χ4v) is 2.06. The first-order valence-electron chi connectivity index (χ1n) is 4.90. The molecule has 1 aliphatic heterocycles. The second-order valence-corrected chi connectivity index (χ2v) is 4.56. The molecule has 2 unspecified atom stereocenters. The zero-order valence-corrected chi connectivity index (χ0v) is 9.53. The summed E-state index contributed by atoms with van der Waals surface area (Å²) in [6.45, 7) is 0.828. The van der Waals surface area contributed by atoms with Crippen molar-refractivity contribution in [2.24, 2.45) is 5.73 Å². The van der Waals surface area contributed by atoms with Gasteiger partial charge in [-0.25, -0.2) is 0 Å². The number of benzene rings is 1. The third-order valence-electron chi connectivity index (χ3n) is 2.57. The Bertz CT molecular complexity index is 299. The van der Waals surface area contributed by atoms with Crippen LogP contribution in [-0.2, 0) is 4.74 Å². The highest BCUT2D eigenvalue weighted by atomic mass is 79.9. The second-order valence-electron chi connectivity index (χ2n) is 3.65. The third-order valence-corrected chi connectivity index (χ3v) is 3.10. The summed E-state index contributed by atoms with van der Waals surface area (Å²) in [5.74, 6) is 0. The summed E-state index contributed by atoms with van der Waals surface area (Å²) in [5.41, 5.74) is 7.19. The molecule has 0 aliphatic carbocycles. The Balaban J connectivity index is 2.16. The highest BCUT2D eigenvalue weighted by molar-refractivity contribution is 9.10. The Morgan fingerprint density at radius 3 is 2.64 bits per heavy atom. The maximum Gasteiger partial charge on any atom is 0.0975 e. The predicted octanol–water partition coefficient (Wildman–Crippen LogP) is 2.63. The summed E-state index contributed by atoms with van der Waals surface area (Å²) in [5, 5.41) is 0. The van der Waals surface area contributed by atoms with Crippen molar-refractivity contribution in [3.8, 4) is 0 Å². The van der Waals surface area contributed by atoms with Crippen molar-refractivity contribution in [1.82, 2.24) is 0 Å². The van der Waals surface area contributed by atoms with Crippen LogP contribution in [0.3, 0.4) is 0 Å². The summed E-state index contributed by atoms with van der Waals surface area (Å²) in [6.07, 6.45) is 2.21. The van der Waals surface area contributed by atoms with Crippen LogP contribution in [0.4, 0.5) is 0 Å².